The van der Waals surface area contributed by atoms with Crippen LogP contribution in [0, 0.1) is 12.7 Å². The van der Waals surface area contributed by atoms with E-state index in [1.165, 1.54) is 23.5 Å². The third-order valence-electron chi connectivity index (χ3n) is 6.24. The third-order valence-corrected chi connectivity index (χ3v) is 7.10. The number of carbonyl (C=O) groups is 2. The maximum absolute atomic E-state index is 13.6. The van der Waals surface area contributed by atoms with Crippen molar-refractivity contribution in [2.45, 2.75) is 25.8 Å². The predicted octanol–water partition coefficient (Wildman–Crippen LogP) is 3.09. The molecule has 7 nitrogen and oxygen atoms in total. The molecule has 5 rings (SSSR count). The van der Waals surface area contributed by atoms with Gasteiger partial charge in [-0.15, -0.1) is 11.3 Å². The van der Waals surface area contributed by atoms with Crippen LogP contribution in [-0.2, 0) is 4.79 Å². The number of amides is 2. The highest BCUT2D eigenvalue weighted by molar-refractivity contribution is 7.12. The fourth-order valence-electron chi connectivity index (χ4n) is 4.53. The highest BCUT2D eigenvalue weighted by atomic mass is 32.1. The molecule has 0 saturated carbocycles. The number of benzene rings is 1. The summed E-state index contributed by atoms with van der Waals surface area (Å²) in [6.45, 7) is 4.66. The molecule has 3 aromatic rings. The average molecular weight is 454 g/mol. The summed E-state index contributed by atoms with van der Waals surface area (Å²) in [6, 6.07) is 7.88. The summed E-state index contributed by atoms with van der Waals surface area (Å²) >= 11 is 1.44. The number of halogens is 1. The summed E-state index contributed by atoms with van der Waals surface area (Å²) in [4.78, 5) is 41.5. The number of aryl methyl sites for hydroxylation is 1. The number of hydrogen-bond donors (Lipinski definition) is 0. The van der Waals surface area contributed by atoms with Gasteiger partial charge in [0.05, 0.1) is 16.1 Å². The van der Waals surface area contributed by atoms with Gasteiger partial charge < -0.3 is 14.7 Å². The van der Waals surface area contributed by atoms with Crippen LogP contribution in [0.25, 0.3) is 10.9 Å². The summed E-state index contributed by atoms with van der Waals surface area (Å²) in [6.07, 6.45) is 1.63. The average Bonchev–Trinajstić information content (AvgIpc) is 3.51. The van der Waals surface area contributed by atoms with Gasteiger partial charge in [-0.1, -0.05) is 6.07 Å². The summed E-state index contributed by atoms with van der Waals surface area (Å²) in [5.74, 6) is 0.295. The molecule has 2 amide bonds. The number of rotatable bonds is 3. The minimum absolute atomic E-state index is 0.0334. The van der Waals surface area contributed by atoms with E-state index in [1.807, 2.05) is 39.1 Å². The number of fused-ring (bicyclic) bond motifs is 1. The van der Waals surface area contributed by atoms with Crippen LogP contribution in [0.15, 0.2) is 35.7 Å². The van der Waals surface area contributed by atoms with Crippen LogP contribution in [0.2, 0.25) is 0 Å². The van der Waals surface area contributed by atoms with Crippen LogP contribution >= 0.6 is 11.3 Å². The lowest BCUT2D eigenvalue weighted by atomic mass is 10.1. The van der Waals surface area contributed by atoms with E-state index in [2.05, 4.69) is 9.97 Å². The number of anilines is 1. The molecule has 166 valence electrons. The maximum Gasteiger partial charge on any atom is 0.264 e. The van der Waals surface area contributed by atoms with Crippen molar-refractivity contribution in [1.29, 1.82) is 0 Å². The number of piperazine rings is 1. The first-order chi connectivity index (χ1) is 15.5. The molecule has 2 fully saturated rings. The molecule has 2 aliphatic heterocycles. The second-order valence-electron chi connectivity index (χ2n) is 8.22. The first-order valence-electron chi connectivity index (χ1n) is 10.8. The zero-order valence-electron chi connectivity index (χ0n) is 17.8. The molecule has 4 heterocycles. The van der Waals surface area contributed by atoms with E-state index in [4.69, 9.17) is 0 Å². The highest BCUT2D eigenvalue weighted by Crippen LogP contribution is 2.27. The molecule has 2 saturated heterocycles. The van der Waals surface area contributed by atoms with Crippen molar-refractivity contribution in [3.8, 4) is 0 Å². The quantitative estimate of drug-likeness (QED) is 0.610. The Morgan fingerprint density at radius 1 is 1.06 bits per heavy atom. The molecule has 1 atom stereocenters. The molecule has 2 aliphatic rings. The second-order valence-corrected chi connectivity index (χ2v) is 9.16. The standard InChI is InChI=1S/C23H24FN5O2S/c1-15-17-14-16(24)6-7-18(17)26-23(25-15)29-8-2-4-19(29)21(30)27-9-11-28(12-10-27)22(31)20-5-3-13-32-20/h3,5-7,13-14,19H,2,4,8-12H2,1H3/t19-/m1/s1. The Hall–Kier alpha value is -3.07. The molecule has 0 spiro atoms. The van der Waals surface area contributed by atoms with Crippen LogP contribution in [0.3, 0.4) is 0 Å². The molecular weight excluding hydrogens is 429 g/mol. The lowest BCUT2D eigenvalue weighted by Crippen LogP contribution is -2.55. The number of thiophene rings is 1. The Labute approximate surface area is 189 Å². The van der Waals surface area contributed by atoms with Crippen molar-refractivity contribution >= 4 is 40.0 Å². The van der Waals surface area contributed by atoms with Crippen LogP contribution in [0.5, 0.6) is 0 Å². The molecule has 0 N–H and O–H groups in total. The molecule has 1 aromatic carbocycles. The first kappa shape index (κ1) is 20.8. The van der Waals surface area contributed by atoms with Gasteiger partial charge in [-0.05, 0) is 49.4 Å². The van der Waals surface area contributed by atoms with Crippen molar-refractivity contribution < 1.29 is 14.0 Å². The summed E-state index contributed by atoms with van der Waals surface area (Å²) in [7, 11) is 0. The molecule has 0 radical (unpaired) electrons. The van der Waals surface area contributed by atoms with Gasteiger partial charge in [0.25, 0.3) is 5.91 Å². The molecule has 0 unspecified atom stereocenters. The summed E-state index contributed by atoms with van der Waals surface area (Å²) < 4.78 is 13.6. The zero-order chi connectivity index (χ0) is 22.2. The van der Waals surface area contributed by atoms with E-state index < -0.39 is 0 Å². The Balaban J connectivity index is 1.30. The topological polar surface area (TPSA) is 69.6 Å². The van der Waals surface area contributed by atoms with Crippen LogP contribution in [0.4, 0.5) is 10.3 Å². The van der Waals surface area contributed by atoms with Gasteiger partial charge in [-0.3, -0.25) is 9.59 Å². The van der Waals surface area contributed by atoms with E-state index in [1.54, 1.807) is 6.07 Å². The summed E-state index contributed by atoms with van der Waals surface area (Å²) in [5, 5.41) is 2.58. The Kier molecular flexibility index (Phi) is 5.50. The van der Waals surface area contributed by atoms with Crippen LogP contribution in [0.1, 0.15) is 28.2 Å². The van der Waals surface area contributed by atoms with Crippen LogP contribution in [-0.4, -0.2) is 70.3 Å². The van der Waals surface area contributed by atoms with E-state index in [9.17, 15) is 14.0 Å². The zero-order valence-corrected chi connectivity index (χ0v) is 18.6. The van der Waals surface area contributed by atoms with E-state index >= 15 is 0 Å². The monoisotopic (exact) mass is 453 g/mol. The Morgan fingerprint density at radius 3 is 2.59 bits per heavy atom. The van der Waals surface area contributed by atoms with Gasteiger partial charge in [0.2, 0.25) is 11.9 Å². The lowest BCUT2D eigenvalue weighted by Gasteiger charge is -2.37. The number of hydrogen-bond acceptors (Lipinski definition) is 6. The van der Waals surface area contributed by atoms with Crippen molar-refractivity contribution in [2.75, 3.05) is 37.6 Å². The smallest absolute Gasteiger partial charge is 0.264 e. The molecule has 9 heteroatoms. The minimum atomic E-state index is -0.317. The van der Waals surface area contributed by atoms with Gasteiger partial charge in [-0.25, -0.2) is 14.4 Å². The fraction of sp³-hybridized carbons (Fsp3) is 0.391. The van der Waals surface area contributed by atoms with E-state index in [0.717, 1.165) is 17.7 Å². The normalized spacial score (nSPS) is 19.1. The van der Waals surface area contributed by atoms with Crippen molar-refractivity contribution in [3.63, 3.8) is 0 Å². The van der Waals surface area contributed by atoms with Crippen LogP contribution < -0.4 is 4.90 Å². The van der Waals surface area contributed by atoms with Gasteiger partial charge in [-0.2, -0.15) is 0 Å². The van der Waals surface area contributed by atoms with Crippen molar-refractivity contribution in [3.05, 3.63) is 52.1 Å². The third kappa shape index (κ3) is 3.81. The lowest BCUT2D eigenvalue weighted by molar-refractivity contribution is -0.133. The molecule has 32 heavy (non-hydrogen) atoms. The molecule has 0 bridgehead atoms. The Bertz CT molecular complexity index is 1160. The Morgan fingerprint density at radius 2 is 1.84 bits per heavy atom. The SMILES string of the molecule is Cc1nc(N2CCC[C@@H]2C(=O)N2CCN(C(=O)c3cccs3)CC2)nc2ccc(F)cc12. The molecular formula is C23H24FN5O2S. The van der Waals surface area contributed by atoms with E-state index in [-0.39, 0.29) is 23.7 Å². The van der Waals surface area contributed by atoms with Crippen molar-refractivity contribution in [1.82, 2.24) is 19.8 Å². The van der Waals surface area contributed by atoms with E-state index in [0.29, 0.717) is 55.3 Å². The van der Waals surface area contributed by atoms with Crippen molar-refractivity contribution in [2.24, 2.45) is 0 Å². The maximum atomic E-state index is 13.6. The van der Waals surface area contributed by atoms with Gasteiger partial charge >= 0.3 is 0 Å². The number of aromatic nitrogens is 2. The highest BCUT2D eigenvalue weighted by Gasteiger charge is 2.37. The number of carbonyl (C=O) groups excluding carboxylic acids is 2. The first-order valence-corrected chi connectivity index (χ1v) is 11.7. The number of nitrogens with zero attached hydrogens (tertiary/aromatic N) is 5. The molecule has 0 aliphatic carbocycles. The van der Waals surface area contributed by atoms with Gasteiger partial charge in [0, 0.05) is 38.1 Å². The largest absolute Gasteiger partial charge is 0.337 e. The predicted molar refractivity (Wildman–Crippen MR) is 121 cm³/mol. The van der Waals surface area contributed by atoms with Gasteiger partial charge in [0.1, 0.15) is 11.9 Å². The molecule has 2 aromatic heterocycles. The van der Waals surface area contributed by atoms with Gasteiger partial charge in [0.15, 0.2) is 0 Å². The minimum Gasteiger partial charge on any atom is -0.337 e. The fourth-order valence-corrected chi connectivity index (χ4v) is 5.22. The second kappa shape index (κ2) is 8.46. The summed E-state index contributed by atoms with van der Waals surface area (Å²) in [5.41, 5.74) is 1.37.